The Morgan fingerprint density at radius 1 is 1.33 bits per heavy atom. The van der Waals surface area contributed by atoms with Gasteiger partial charge in [-0.2, -0.15) is 0 Å². The number of nitrogens with one attached hydrogen (secondary N) is 1. The highest BCUT2D eigenvalue weighted by molar-refractivity contribution is 5.85. The molecule has 2 aromatic rings. The fraction of sp³-hybridized carbons (Fsp3) is 0.438. The molecule has 112 valence electrons. The molecule has 0 aliphatic carbocycles. The van der Waals surface area contributed by atoms with Gasteiger partial charge in [0.15, 0.2) is 0 Å². The fourth-order valence-corrected chi connectivity index (χ4v) is 3.25. The van der Waals surface area contributed by atoms with E-state index in [0.29, 0.717) is 13.2 Å². The van der Waals surface area contributed by atoms with Crippen LogP contribution in [0.5, 0.6) is 0 Å². The summed E-state index contributed by atoms with van der Waals surface area (Å²) in [6.07, 6.45) is 5.32. The first-order valence-electron chi connectivity index (χ1n) is 7.22. The smallest absolute Gasteiger partial charge is 0.0929 e. The van der Waals surface area contributed by atoms with Crippen molar-refractivity contribution in [1.29, 1.82) is 0 Å². The molecular weight excluding hydrogens is 266 g/mol. The van der Waals surface area contributed by atoms with Gasteiger partial charge in [-0.1, -0.05) is 18.2 Å². The topological polar surface area (TPSA) is 69.4 Å². The molecule has 0 saturated carbocycles. The van der Waals surface area contributed by atoms with E-state index in [1.54, 1.807) is 7.11 Å². The van der Waals surface area contributed by atoms with Crippen molar-refractivity contribution in [3.05, 3.63) is 42.2 Å². The molecule has 1 saturated heterocycles. The van der Waals surface area contributed by atoms with Crippen LogP contribution in [0, 0.1) is 0 Å². The lowest BCUT2D eigenvalue weighted by Gasteiger charge is -2.42. The van der Waals surface area contributed by atoms with Crippen molar-refractivity contribution in [1.82, 2.24) is 10.4 Å². The van der Waals surface area contributed by atoms with Crippen molar-refractivity contribution in [2.24, 2.45) is 5.84 Å². The lowest BCUT2D eigenvalue weighted by molar-refractivity contribution is -0.111. The first kappa shape index (κ1) is 14.4. The average Bonchev–Trinajstić information content (AvgIpc) is 2.56. The first-order valence-corrected chi connectivity index (χ1v) is 7.22. The predicted molar refractivity (Wildman–Crippen MR) is 81.6 cm³/mol. The summed E-state index contributed by atoms with van der Waals surface area (Å²) in [4.78, 5) is 4.19. The van der Waals surface area contributed by atoms with Gasteiger partial charge in [0.25, 0.3) is 0 Å². The molecule has 5 nitrogen and oxygen atoms in total. The van der Waals surface area contributed by atoms with E-state index in [1.807, 2.05) is 24.5 Å². The molecule has 0 spiro atoms. The van der Waals surface area contributed by atoms with Gasteiger partial charge in [0.05, 0.1) is 11.6 Å². The Bertz CT molecular complexity index is 606. The van der Waals surface area contributed by atoms with Crippen LogP contribution < -0.4 is 11.3 Å². The monoisotopic (exact) mass is 287 g/mol. The maximum atomic E-state index is 5.90. The molecule has 1 atom stereocenters. The Morgan fingerprint density at radius 3 is 2.86 bits per heavy atom. The number of hydrogen-bond donors (Lipinski definition) is 2. The molecule has 3 rings (SSSR count). The van der Waals surface area contributed by atoms with Gasteiger partial charge in [0, 0.05) is 50.9 Å². The summed E-state index contributed by atoms with van der Waals surface area (Å²) in [5.41, 5.74) is 3.77. The van der Waals surface area contributed by atoms with Gasteiger partial charge < -0.3 is 9.47 Å². The van der Waals surface area contributed by atoms with E-state index in [-0.39, 0.29) is 11.6 Å². The second-order valence-electron chi connectivity index (χ2n) is 5.43. The number of pyridine rings is 1. The summed E-state index contributed by atoms with van der Waals surface area (Å²) in [5.74, 6) is 5.90. The fourth-order valence-electron chi connectivity index (χ4n) is 3.25. The Hall–Kier alpha value is -1.53. The molecule has 2 heterocycles. The Kier molecular flexibility index (Phi) is 4.17. The third-order valence-corrected chi connectivity index (χ3v) is 4.46. The minimum absolute atomic E-state index is 0.0856. The third kappa shape index (κ3) is 2.53. The highest BCUT2D eigenvalue weighted by Gasteiger charge is 2.41. The van der Waals surface area contributed by atoms with Crippen molar-refractivity contribution in [3.63, 3.8) is 0 Å². The highest BCUT2D eigenvalue weighted by Crippen LogP contribution is 2.39. The van der Waals surface area contributed by atoms with Gasteiger partial charge in [-0.25, -0.2) is 0 Å². The van der Waals surface area contributed by atoms with Gasteiger partial charge in [-0.05, 0) is 17.0 Å². The number of nitrogens with two attached hydrogens (primary N) is 1. The second kappa shape index (κ2) is 6.07. The van der Waals surface area contributed by atoms with Gasteiger partial charge in [-0.3, -0.25) is 16.3 Å². The molecule has 3 N–H and O–H groups in total. The average molecular weight is 287 g/mol. The highest BCUT2D eigenvalue weighted by atomic mass is 16.5. The maximum absolute atomic E-state index is 5.90. The number of fused-ring (bicyclic) bond motifs is 1. The van der Waals surface area contributed by atoms with E-state index >= 15 is 0 Å². The summed E-state index contributed by atoms with van der Waals surface area (Å²) in [6.45, 7) is 1.39. The molecule has 21 heavy (non-hydrogen) atoms. The van der Waals surface area contributed by atoms with Crippen LogP contribution in [0.25, 0.3) is 10.8 Å². The Balaban J connectivity index is 2.09. The number of nitrogens with zero attached hydrogens (tertiary/aromatic N) is 1. The molecule has 1 aliphatic heterocycles. The van der Waals surface area contributed by atoms with E-state index in [9.17, 15) is 0 Å². The molecule has 0 radical (unpaired) electrons. The van der Waals surface area contributed by atoms with Gasteiger partial charge in [-0.15, -0.1) is 0 Å². The van der Waals surface area contributed by atoms with Crippen LogP contribution >= 0.6 is 0 Å². The minimum Gasteiger partial charge on any atom is -0.381 e. The maximum Gasteiger partial charge on any atom is 0.0929 e. The van der Waals surface area contributed by atoms with Crippen LogP contribution in [0.2, 0.25) is 0 Å². The van der Waals surface area contributed by atoms with Crippen molar-refractivity contribution >= 4 is 10.8 Å². The standard InChI is InChI=1S/C16H21N3O2/c1-20-16(6-9-21-10-7-16)15(19-17)14-4-2-3-12-11-18-8-5-13(12)14/h2-5,8,11,15,19H,6-7,9-10,17H2,1H3. The summed E-state index contributed by atoms with van der Waals surface area (Å²) in [7, 11) is 1.75. The number of benzene rings is 1. The summed E-state index contributed by atoms with van der Waals surface area (Å²) in [6, 6.07) is 8.13. The summed E-state index contributed by atoms with van der Waals surface area (Å²) >= 11 is 0. The number of rotatable bonds is 4. The molecule has 0 amide bonds. The zero-order valence-corrected chi connectivity index (χ0v) is 12.2. The molecule has 1 fully saturated rings. The van der Waals surface area contributed by atoms with E-state index in [4.69, 9.17) is 15.3 Å². The van der Waals surface area contributed by atoms with Gasteiger partial charge in [0.1, 0.15) is 0 Å². The molecule has 1 unspecified atom stereocenters. The van der Waals surface area contributed by atoms with E-state index in [2.05, 4.69) is 22.5 Å². The Labute approximate surface area is 124 Å². The lowest BCUT2D eigenvalue weighted by Crippen LogP contribution is -2.51. The molecule has 1 aliphatic rings. The van der Waals surface area contributed by atoms with Crippen LogP contribution in [-0.4, -0.2) is 30.9 Å². The summed E-state index contributed by atoms with van der Waals surface area (Å²) in [5, 5.41) is 2.26. The van der Waals surface area contributed by atoms with Crippen LogP contribution in [0.1, 0.15) is 24.4 Å². The number of hydrazine groups is 1. The zero-order valence-electron chi connectivity index (χ0n) is 12.2. The van der Waals surface area contributed by atoms with Crippen LogP contribution in [0.15, 0.2) is 36.7 Å². The molecule has 1 aromatic carbocycles. The van der Waals surface area contributed by atoms with Crippen LogP contribution in [-0.2, 0) is 9.47 Å². The number of aromatic nitrogens is 1. The second-order valence-corrected chi connectivity index (χ2v) is 5.43. The van der Waals surface area contributed by atoms with Gasteiger partial charge in [0.2, 0.25) is 0 Å². The minimum atomic E-state index is -0.343. The van der Waals surface area contributed by atoms with Crippen LogP contribution in [0.4, 0.5) is 0 Å². The molecule has 0 bridgehead atoms. The quantitative estimate of drug-likeness (QED) is 0.664. The van der Waals surface area contributed by atoms with Crippen molar-refractivity contribution in [2.45, 2.75) is 24.5 Å². The van der Waals surface area contributed by atoms with Crippen molar-refractivity contribution < 1.29 is 9.47 Å². The lowest BCUT2D eigenvalue weighted by atomic mass is 9.81. The van der Waals surface area contributed by atoms with E-state index < -0.39 is 0 Å². The zero-order chi connectivity index (χ0) is 14.7. The first-order chi connectivity index (χ1) is 10.3. The number of ether oxygens (including phenoxy) is 2. The summed E-state index contributed by atoms with van der Waals surface area (Å²) < 4.78 is 11.4. The molecule has 1 aromatic heterocycles. The van der Waals surface area contributed by atoms with Gasteiger partial charge >= 0.3 is 0 Å². The van der Waals surface area contributed by atoms with Crippen LogP contribution in [0.3, 0.4) is 0 Å². The Morgan fingerprint density at radius 2 is 2.14 bits per heavy atom. The van der Waals surface area contributed by atoms with E-state index in [0.717, 1.165) is 29.2 Å². The third-order valence-electron chi connectivity index (χ3n) is 4.46. The van der Waals surface area contributed by atoms with E-state index in [1.165, 1.54) is 0 Å². The molecular formula is C16H21N3O2. The number of hydrogen-bond acceptors (Lipinski definition) is 5. The molecule has 5 heteroatoms. The number of methoxy groups -OCH3 is 1. The predicted octanol–water partition coefficient (Wildman–Crippen LogP) is 1.93. The van der Waals surface area contributed by atoms with Crippen molar-refractivity contribution in [2.75, 3.05) is 20.3 Å². The largest absolute Gasteiger partial charge is 0.381 e. The van der Waals surface area contributed by atoms with Crippen molar-refractivity contribution in [3.8, 4) is 0 Å². The SMILES string of the molecule is COC1(C(NN)c2cccc3cnccc23)CCOCC1. The normalized spacial score (nSPS) is 19.5.